The van der Waals surface area contributed by atoms with E-state index in [2.05, 4.69) is 15.6 Å². The number of nitrogens with one attached hydrogen (secondary N) is 2. The van der Waals surface area contributed by atoms with Gasteiger partial charge in [-0.05, 0) is 19.9 Å². The number of carbonyl (C=O) groups is 1. The maximum absolute atomic E-state index is 13.0. The van der Waals surface area contributed by atoms with Crippen LogP contribution in [-0.2, 0) is 11.0 Å². The van der Waals surface area contributed by atoms with Crippen molar-refractivity contribution in [3.05, 3.63) is 24.0 Å². The third-order valence-electron chi connectivity index (χ3n) is 5.05. The van der Waals surface area contributed by atoms with Crippen LogP contribution in [-0.4, -0.2) is 47.2 Å². The Hall–Kier alpha value is -1.91. The highest BCUT2D eigenvalue weighted by Crippen LogP contribution is 2.53. The van der Waals surface area contributed by atoms with Gasteiger partial charge in [0.1, 0.15) is 17.9 Å². The average Bonchev–Trinajstić information content (AvgIpc) is 2.83. The minimum absolute atomic E-state index is 0.161. The van der Waals surface area contributed by atoms with Crippen molar-refractivity contribution in [2.45, 2.75) is 36.6 Å². The number of piperidine rings is 1. The molecule has 1 unspecified atom stereocenters. The topological polar surface area (TPSA) is 115 Å². The van der Waals surface area contributed by atoms with E-state index >= 15 is 0 Å². The van der Waals surface area contributed by atoms with E-state index in [1.807, 2.05) is 0 Å². The van der Waals surface area contributed by atoms with E-state index in [1.165, 1.54) is 6.20 Å². The van der Waals surface area contributed by atoms with E-state index < -0.39 is 34.3 Å². The van der Waals surface area contributed by atoms with Gasteiger partial charge in [0, 0.05) is 25.5 Å². The van der Waals surface area contributed by atoms with Crippen molar-refractivity contribution >= 4 is 5.91 Å². The Morgan fingerprint density at radius 3 is 2.58 bits per heavy atom. The molecule has 0 spiro atoms. The fourth-order valence-corrected chi connectivity index (χ4v) is 3.55. The second-order valence-corrected chi connectivity index (χ2v) is 7.65. The molecule has 1 saturated heterocycles. The summed E-state index contributed by atoms with van der Waals surface area (Å²) in [7, 11) is 0. The summed E-state index contributed by atoms with van der Waals surface area (Å²) in [4.78, 5) is 16.0. The maximum Gasteiger partial charge on any atom is 0.421 e. The normalized spacial score (nSPS) is 30.7. The van der Waals surface area contributed by atoms with Crippen LogP contribution in [0, 0.1) is 5.92 Å². The Morgan fingerprint density at radius 1 is 1.38 bits per heavy atom. The van der Waals surface area contributed by atoms with Crippen molar-refractivity contribution < 1.29 is 22.7 Å². The number of alkyl halides is 3. The highest BCUT2D eigenvalue weighted by Gasteiger charge is 2.78. The molecule has 1 aliphatic heterocycles. The van der Waals surface area contributed by atoms with Crippen LogP contribution in [0.25, 0.3) is 0 Å². The lowest BCUT2D eigenvalue weighted by atomic mass is 10.1. The quantitative estimate of drug-likeness (QED) is 0.578. The number of halogens is 3. The summed E-state index contributed by atoms with van der Waals surface area (Å²) in [5.41, 5.74) is 8.88. The van der Waals surface area contributed by atoms with E-state index in [9.17, 15) is 18.0 Å². The van der Waals surface area contributed by atoms with Crippen LogP contribution in [0.15, 0.2) is 18.5 Å². The summed E-state index contributed by atoms with van der Waals surface area (Å²) in [6.45, 7) is 4.05. The summed E-state index contributed by atoms with van der Waals surface area (Å²) in [6, 6.07) is 1.14. The summed E-state index contributed by atoms with van der Waals surface area (Å²) in [6.07, 6.45) is -2.66. The van der Waals surface area contributed by atoms with E-state index in [-0.39, 0.29) is 18.3 Å². The SMILES string of the molecule is CC(C)(COc1ccncc1C(F)(F)F)NC(=O)C1[C@]2(N)CNC[C@]12N. The van der Waals surface area contributed by atoms with Crippen LogP contribution in [0.1, 0.15) is 19.4 Å². The Bertz CT molecular complexity index is 710. The fourth-order valence-electron chi connectivity index (χ4n) is 3.55. The molecule has 10 heteroatoms. The van der Waals surface area contributed by atoms with Crippen molar-refractivity contribution in [1.29, 1.82) is 0 Å². The van der Waals surface area contributed by atoms with Gasteiger partial charge < -0.3 is 26.8 Å². The van der Waals surface area contributed by atoms with Gasteiger partial charge in [-0.25, -0.2) is 0 Å². The number of hydrogen-bond donors (Lipinski definition) is 4. The number of pyridine rings is 1. The Balaban J connectivity index is 1.63. The smallest absolute Gasteiger partial charge is 0.421 e. The van der Waals surface area contributed by atoms with Gasteiger partial charge in [0.05, 0.1) is 22.5 Å². The standard InChI is InChI=1S/C16H22F3N5O2/c1-13(2,8-26-10-3-4-22-5-9(10)16(17,18)19)24-12(25)11-14(20)6-23-7-15(11,14)21/h3-5,11,23H,6-8,20-21H2,1-2H3,(H,24,25)/t11?,14-,15+. The first kappa shape index (κ1) is 18.9. The van der Waals surface area contributed by atoms with Crippen LogP contribution < -0.4 is 26.8 Å². The van der Waals surface area contributed by atoms with Gasteiger partial charge in [-0.3, -0.25) is 9.78 Å². The van der Waals surface area contributed by atoms with Crippen molar-refractivity contribution in [2.75, 3.05) is 19.7 Å². The maximum atomic E-state index is 13.0. The lowest BCUT2D eigenvalue weighted by Crippen LogP contribution is -2.51. The highest BCUT2D eigenvalue weighted by atomic mass is 19.4. The van der Waals surface area contributed by atoms with Gasteiger partial charge in [-0.15, -0.1) is 0 Å². The summed E-state index contributed by atoms with van der Waals surface area (Å²) in [5.74, 6) is -1.20. The van der Waals surface area contributed by atoms with Gasteiger partial charge in [0.25, 0.3) is 0 Å². The number of nitrogens with two attached hydrogens (primary N) is 2. The van der Waals surface area contributed by atoms with E-state index in [0.717, 1.165) is 6.07 Å². The zero-order valence-electron chi connectivity index (χ0n) is 14.5. The minimum atomic E-state index is -4.58. The molecule has 0 radical (unpaired) electrons. The fraction of sp³-hybridized carbons (Fsp3) is 0.625. The predicted molar refractivity (Wildman–Crippen MR) is 87.2 cm³/mol. The Morgan fingerprint density at radius 2 is 2.00 bits per heavy atom. The van der Waals surface area contributed by atoms with Gasteiger partial charge in [-0.2, -0.15) is 13.2 Å². The number of nitrogens with zero attached hydrogens (tertiary/aromatic N) is 1. The number of amides is 1. The average molecular weight is 373 g/mol. The van der Waals surface area contributed by atoms with Gasteiger partial charge in [0.2, 0.25) is 5.91 Å². The van der Waals surface area contributed by atoms with Crippen molar-refractivity contribution in [3.8, 4) is 5.75 Å². The molecule has 1 aromatic heterocycles. The first-order valence-corrected chi connectivity index (χ1v) is 8.15. The summed E-state index contributed by atoms with van der Waals surface area (Å²) < 4.78 is 44.3. The Labute approximate surface area is 148 Å². The highest BCUT2D eigenvalue weighted by molar-refractivity contribution is 5.88. The molecule has 3 rings (SSSR count). The number of carbonyl (C=O) groups excluding carboxylic acids is 1. The van der Waals surface area contributed by atoms with Crippen LogP contribution in [0.3, 0.4) is 0 Å². The molecule has 1 amide bonds. The molecule has 0 aromatic carbocycles. The zero-order valence-corrected chi connectivity index (χ0v) is 14.5. The molecule has 3 atom stereocenters. The van der Waals surface area contributed by atoms with E-state index in [4.69, 9.17) is 16.2 Å². The summed E-state index contributed by atoms with van der Waals surface area (Å²) in [5, 5.41) is 5.83. The van der Waals surface area contributed by atoms with Crippen LogP contribution in [0.5, 0.6) is 5.75 Å². The van der Waals surface area contributed by atoms with Crippen LogP contribution in [0.2, 0.25) is 0 Å². The van der Waals surface area contributed by atoms with Crippen molar-refractivity contribution in [2.24, 2.45) is 17.4 Å². The zero-order chi connectivity index (χ0) is 19.4. The molecule has 26 heavy (non-hydrogen) atoms. The van der Waals surface area contributed by atoms with Gasteiger partial charge in [0.15, 0.2) is 0 Å². The molecule has 2 heterocycles. The molecule has 144 valence electrons. The molecule has 1 aromatic rings. The van der Waals surface area contributed by atoms with Crippen LogP contribution in [0.4, 0.5) is 13.2 Å². The summed E-state index contributed by atoms with van der Waals surface area (Å²) >= 11 is 0. The lowest BCUT2D eigenvalue weighted by molar-refractivity contribution is -0.139. The number of rotatable bonds is 5. The molecule has 1 aliphatic carbocycles. The molecule has 0 bridgehead atoms. The molecule has 2 aliphatic rings. The number of ether oxygens (including phenoxy) is 1. The first-order valence-electron chi connectivity index (χ1n) is 8.15. The monoisotopic (exact) mass is 373 g/mol. The molecule has 6 N–H and O–H groups in total. The third-order valence-corrected chi connectivity index (χ3v) is 5.05. The molecule has 7 nitrogen and oxygen atoms in total. The van der Waals surface area contributed by atoms with Gasteiger partial charge in [-0.1, -0.05) is 0 Å². The van der Waals surface area contributed by atoms with Crippen molar-refractivity contribution in [3.63, 3.8) is 0 Å². The van der Waals surface area contributed by atoms with E-state index in [0.29, 0.717) is 19.3 Å². The predicted octanol–water partition coefficient (Wildman–Crippen LogP) is 0.00200. The number of hydrogen-bond acceptors (Lipinski definition) is 6. The Kier molecular flexibility index (Phi) is 4.21. The van der Waals surface area contributed by atoms with Crippen LogP contribution >= 0.6 is 0 Å². The van der Waals surface area contributed by atoms with Gasteiger partial charge >= 0.3 is 6.18 Å². The van der Waals surface area contributed by atoms with E-state index in [1.54, 1.807) is 13.8 Å². The van der Waals surface area contributed by atoms with Crippen molar-refractivity contribution in [1.82, 2.24) is 15.6 Å². The number of fused-ring (bicyclic) bond motifs is 1. The third kappa shape index (κ3) is 3.01. The second-order valence-electron chi connectivity index (χ2n) is 7.65. The molecular weight excluding hydrogens is 351 g/mol. The molecular formula is C16H22F3N5O2. The molecule has 1 saturated carbocycles. The lowest BCUT2D eigenvalue weighted by Gasteiger charge is -2.28. The number of aromatic nitrogens is 1. The minimum Gasteiger partial charge on any atom is -0.490 e. The second kappa shape index (κ2) is 5.80. The first-order chi connectivity index (χ1) is 11.9. The molecule has 2 fully saturated rings. The largest absolute Gasteiger partial charge is 0.490 e.